The summed E-state index contributed by atoms with van der Waals surface area (Å²) < 4.78 is 0. The van der Waals surface area contributed by atoms with E-state index in [9.17, 15) is 0 Å². The van der Waals surface area contributed by atoms with Gasteiger partial charge in [0, 0.05) is 13.1 Å². The Hall–Kier alpha value is -1.64. The fourth-order valence-electron chi connectivity index (χ4n) is 2.81. The van der Waals surface area contributed by atoms with Gasteiger partial charge >= 0.3 is 0 Å². The summed E-state index contributed by atoms with van der Waals surface area (Å²) in [5.74, 6) is 2.20. The minimum atomic E-state index is 0.926. The molecule has 2 N–H and O–H groups in total. The molecule has 1 saturated heterocycles. The summed E-state index contributed by atoms with van der Waals surface area (Å²) in [6.07, 6.45) is 1.52. The maximum atomic E-state index is 3.42. The van der Waals surface area contributed by atoms with E-state index in [0.29, 0.717) is 0 Å². The van der Waals surface area contributed by atoms with Crippen molar-refractivity contribution in [2.24, 2.45) is 11.8 Å². The number of rotatable bonds is 4. The van der Waals surface area contributed by atoms with Crippen LogP contribution in [-0.4, -0.2) is 13.1 Å². The van der Waals surface area contributed by atoms with Crippen molar-refractivity contribution < 1.29 is 0 Å². The van der Waals surface area contributed by atoms with Gasteiger partial charge in [0.25, 0.3) is 0 Å². The molecule has 124 valence electrons. The molecule has 4 rings (SSSR count). The van der Waals surface area contributed by atoms with Crippen molar-refractivity contribution in [1.29, 1.82) is 0 Å². The Morgan fingerprint density at radius 1 is 0.783 bits per heavy atom. The van der Waals surface area contributed by atoms with Gasteiger partial charge in [-0.3, -0.25) is 0 Å². The highest BCUT2D eigenvalue weighted by atomic mass is 14.9. The summed E-state index contributed by atoms with van der Waals surface area (Å²) in [6.45, 7) is 8.47. The first-order valence-electron chi connectivity index (χ1n) is 8.91. The molecule has 23 heavy (non-hydrogen) atoms. The van der Waals surface area contributed by atoms with Crippen molar-refractivity contribution in [1.82, 2.24) is 10.6 Å². The zero-order valence-electron chi connectivity index (χ0n) is 14.5. The highest BCUT2D eigenvalue weighted by Crippen LogP contribution is 2.40. The molecule has 2 aromatic carbocycles. The lowest BCUT2D eigenvalue weighted by Crippen LogP contribution is -2.12. The van der Waals surface area contributed by atoms with E-state index in [0.717, 1.165) is 24.9 Å². The SMILES string of the molecule is C1NC[C@H]2C[C@@H]12.CC.c1ccc(CNCc2ccccc2)cc1. The Morgan fingerprint density at radius 3 is 1.52 bits per heavy atom. The average Bonchev–Trinajstić information content (AvgIpc) is 3.24. The van der Waals surface area contributed by atoms with E-state index in [2.05, 4.69) is 59.2 Å². The Labute approximate surface area is 141 Å². The minimum absolute atomic E-state index is 0.926. The molecule has 2 heteroatoms. The van der Waals surface area contributed by atoms with Crippen LogP contribution in [0.4, 0.5) is 0 Å². The number of benzene rings is 2. The molecule has 2 aromatic rings. The van der Waals surface area contributed by atoms with Gasteiger partial charge < -0.3 is 10.6 Å². The van der Waals surface area contributed by atoms with Gasteiger partial charge in [0.2, 0.25) is 0 Å². The van der Waals surface area contributed by atoms with Crippen LogP contribution in [0.3, 0.4) is 0 Å². The van der Waals surface area contributed by atoms with E-state index < -0.39 is 0 Å². The normalized spacial score (nSPS) is 20.4. The van der Waals surface area contributed by atoms with Crippen molar-refractivity contribution in [2.45, 2.75) is 33.4 Å². The first kappa shape index (κ1) is 17.7. The summed E-state index contributed by atoms with van der Waals surface area (Å²) in [5.41, 5.74) is 2.65. The predicted octanol–water partition coefficient (Wildman–Crippen LogP) is 4.23. The second kappa shape index (κ2) is 10.2. The molecule has 1 aliphatic carbocycles. The highest BCUT2D eigenvalue weighted by Gasteiger charge is 2.40. The molecule has 2 fully saturated rings. The molecule has 0 bridgehead atoms. The second-order valence-electron chi connectivity index (χ2n) is 5.99. The lowest BCUT2D eigenvalue weighted by molar-refractivity contribution is 0.693. The predicted molar refractivity (Wildman–Crippen MR) is 99.2 cm³/mol. The van der Waals surface area contributed by atoms with Gasteiger partial charge in [0.1, 0.15) is 0 Å². The van der Waals surface area contributed by atoms with Crippen LogP contribution in [0, 0.1) is 11.8 Å². The summed E-state index contributed by atoms with van der Waals surface area (Å²) in [5, 5.41) is 6.74. The maximum Gasteiger partial charge on any atom is 0.0208 e. The van der Waals surface area contributed by atoms with Crippen LogP contribution in [0.15, 0.2) is 60.7 Å². The molecule has 2 atom stereocenters. The molecule has 0 spiro atoms. The topological polar surface area (TPSA) is 24.1 Å². The monoisotopic (exact) mass is 310 g/mol. The molecule has 0 amide bonds. The quantitative estimate of drug-likeness (QED) is 0.883. The number of hydrogen-bond acceptors (Lipinski definition) is 2. The van der Waals surface area contributed by atoms with Gasteiger partial charge in [0.05, 0.1) is 0 Å². The Bertz CT molecular complexity index is 477. The van der Waals surface area contributed by atoms with Gasteiger partial charge in [-0.15, -0.1) is 0 Å². The minimum Gasteiger partial charge on any atom is -0.316 e. The molecule has 0 unspecified atom stereocenters. The summed E-state index contributed by atoms with van der Waals surface area (Å²) in [4.78, 5) is 0. The fraction of sp³-hybridized carbons (Fsp3) is 0.429. The molecule has 2 nitrogen and oxygen atoms in total. The number of fused-ring (bicyclic) bond motifs is 1. The third-order valence-electron chi connectivity index (χ3n) is 4.23. The fourth-order valence-corrected chi connectivity index (χ4v) is 2.81. The largest absolute Gasteiger partial charge is 0.316 e. The van der Waals surface area contributed by atoms with Crippen LogP contribution in [0.1, 0.15) is 31.4 Å². The molecule has 0 radical (unpaired) electrons. The zero-order chi connectivity index (χ0) is 16.3. The number of nitrogens with one attached hydrogen (secondary N) is 2. The van der Waals surface area contributed by atoms with E-state index in [1.54, 1.807) is 0 Å². The van der Waals surface area contributed by atoms with Gasteiger partial charge in [-0.25, -0.2) is 0 Å². The molecular weight excluding hydrogens is 280 g/mol. The molecule has 1 saturated carbocycles. The van der Waals surface area contributed by atoms with Crippen molar-refractivity contribution in [3.8, 4) is 0 Å². The first-order chi connectivity index (χ1) is 11.4. The lowest BCUT2D eigenvalue weighted by Gasteiger charge is -2.04. The van der Waals surface area contributed by atoms with Gasteiger partial charge in [-0.1, -0.05) is 74.5 Å². The molecule has 1 heterocycles. The highest BCUT2D eigenvalue weighted by molar-refractivity contribution is 5.16. The van der Waals surface area contributed by atoms with Crippen LogP contribution in [-0.2, 0) is 13.1 Å². The lowest BCUT2D eigenvalue weighted by atomic mass is 10.2. The second-order valence-corrected chi connectivity index (χ2v) is 5.99. The molecule has 0 aromatic heterocycles. The van der Waals surface area contributed by atoms with Crippen LogP contribution in [0.25, 0.3) is 0 Å². The van der Waals surface area contributed by atoms with E-state index >= 15 is 0 Å². The van der Waals surface area contributed by atoms with Crippen LogP contribution < -0.4 is 10.6 Å². The van der Waals surface area contributed by atoms with Gasteiger partial charge in [-0.05, 0) is 42.5 Å². The Kier molecular flexibility index (Phi) is 7.85. The first-order valence-corrected chi connectivity index (χ1v) is 8.91. The number of piperidine rings is 1. The summed E-state index contributed by atoms with van der Waals surface area (Å²) in [6, 6.07) is 20.9. The van der Waals surface area contributed by atoms with Crippen LogP contribution in [0.5, 0.6) is 0 Å². The Morgan fingerprint density at radius 2 is 1.22 bits per heavy atom. The standard InChI is InChI=1S/C14H15N.C5H9N.C2H6/c1-3-7-13(8-4-1)11-15-12-14-9-5-2-6-10-14;1-4-2-6-3-5(1)4;1-2/h1-10,15H,11-12H2;4-6H,1-3H2;1-2H3/t;4-,5+;. The van der Waals surface area contributed by atoms with Crippen molar-refractivity contribution >= 4 is 0 Å². The molecule has 1 aliphatic heterocycles. The van der Waals surface area contributed by atoms with Crippen molar-refractivity contribution in [3.63, 3.8) is 0 Å². The zero-order valence-corrected chi connectivity index (χ0v) is 14.5. The number of hydrogen-bond donors (Lipinski definition) is 2. The third kappa shape index (κ3) is 6.55. The smallest absolute Gasteiger partial charge is 0.0208 e. The van der Waals surface area contributed by atoms with Crippen molar-refractivity contribution in [3.05, 3.63) is 71.8 Å². The van der Waals surface area contributed by atoms with Crippen LogP contribution >= 0.6 is 0 Å². The average molecular weight is 310 g/mol. The summed E-state index contributed by atoms with van der Waals surface area (Å²) in [7, 11) is 0. The summed E-state index contributed by atoms with van der Waals surface area (Å²) >= 11 is 0. The molecule has 2 aliphatic rings. The molecular formula is C21H30N2. The van der Waals surface area contributed by atoms with E-state index in [1.807, 2.05) is 26.0 Å². The van der Waals surface area contributed by atoms with Crippen molar-refractivity contribution in [2.75, 3.05) is 13.1 Å². The van der Waals surface area contributed by atoms with Gasteiger partial charge in [0.15, 0.2) is 0 Å². The Balaban J connectivity index is 0.000000197. The third-order valence-corrected chi connectivity index (χ3v) is 4.23. The maximum absolute atomic E-state index is 3.42. The van der Waals surface area contributed by atoms with E-state index in [1.165, 1.54) is 30.6 Å². The van der Waals surface area contributed by atoms with E-state index in [4.69, 9.17) is 0 Å². The van der Waals surface area contributed by atoms with E-state index in [-0.39, 0.29) is 0 Å². The van der Waals surface area contributed by atoms with Gasteiger partial charge in [-0.2, -0.15) is 0 Å². The van der Waals surface area contributed by atoms with Crippen LogP contribution in [0.2, 0.25) is 0 Å².